The zero-order valence-corrected chi connectivity index (χ0v) is 14.8. The van der Waals surface area contributed by atoms with Crippen molar-refractivity contribution in [3.63, 3.8) is 0 Å². The predicted molar refractivity (Wildman–Crippen MR) is 102 cm³/mol. The molecule has 0 atom stereocenters. The van der Waals surface area contributed by atoms with Crippen LogP contribution < -0.4 is 9.46 Å². The Hall–Kier alpha value is -3.30. The quantitative estimate of drug-likeness (QED) is 0.667. The van der Waals surface area contributed by atoms with E-state index in [0.717, 1.165) is 11.1 Å². The molecular formula is C20H16N2O3S. The normalized spacial score (nSPS) is 10.8. The van der Waals surface area contributed by atoms with Gasteiger partial charge in [-0.05, 0) is 35.4 Å². The lowest BCUT2D eigenvalue weighted by Crippen LogP contribution is -2.13. The van der Waals surface area contributed by atoms with Gasteiger partial charge in [-0.1, -0.05) is 48.5 Å². The second-order valence-electron chi connectivity index (χ2n) is 5.50. The number of hydrogen-bond acceptors (Lipinski definition) is 3. The average Bonchev–Trinajstić information content (AvgIpc) is 2.68. The maximum Gasteiger partial charge on any atom is 0.260 e. The third-order valence-corrected chi connectivity index (χ3v) is 5.17. The molecule has 3 rings (SSSR count). The molecule has 0 aromatic heterocycles. The van der Waals surface area contributed by atoms with Gasteiger partial charge in [0.05, 0.1) is 24.3 Å². The number of ether oxygens (including phenoxy) is 1. The lowest BCUT2D eigenvalue weighted by molar-refractivity contribution is 0.417. The molecule has 6 heteroatoms. The summed E-state index contributed by atoms with van der Waals surface area (Å²) < 4.78 is 33.3. The minimum Gasteiger partial charge on any atom is -0.495 e. The van der Waals surface area contributed by atoms with Crippen LogP contribution in [0.5, 0.6) is 5.75 Å². The number of methoxy groups -OCH3 is 1. The molecule has 0 saturated heterocycles. The van der Waals surface area contributed by atoms with Crippen molar-refractivity contribution in [1.82, 2.24) is 0 Å². The Bertz CT molecular complexity index is 1070. The van der Waals surface area contributed by atoms with E-state index < -0.39 is 10.0 Å². The van der Waals surface area contributed by atoms with E-state index in [-0.39, 0.29) is 10.6 Å². The zero-order valence-electron chi connectivity index (χ0n) is 14.0. The van der Waals surface area contributed by atoms with Crippen LogP contribution in [0.1, 0.15) is 0 Å². The van der Waals surface area contributed by atoms with Gasteiger partial charge >= 0.3 is 0 Å². The lowest BCUT2D eigenvalue weighted by atomic mass is 10.1. The van der Waals surface area contributed by atoms with Crippen molar-refractivity contribution >= 4 is 21.4 Å². The van der Waals surface area contributed by atoms with Gasteiger partial charge in [0, 0.05) is 0 Å². The second-order valence-corrected chi connectivity index (χ2v) is 7.18. The van der Waals surface area contributed by atoms with Gasteiger partial charge in [-0.2, -0.15) is 0 Å². The average molecular weight is 364 g/mol. The largest absolute Gasteiger partial charge is 0.495 e. The van der Waals surface area contributed by atoms with Gasteiger partial charge in [-0.3, -0.25) is 4.72 Å². The summed E-state index contributed by atoms with van der Waals surface area (Å²) in [4.78, 5) is 3.30. The number of nitrogens with one attached hydrogen (secondary N) is 1. The summed E-state index contributed by atoms with van der Waals surface area (Å²) in [5, 5.41) is 0. The lowest BCUT2D eigenvalue weighted by Gasteiger charge is -2.14. The fraction of sp³-hybridized carbons (Fsp3) is 0.0500. The monoisotopic (exact) mass is 364 g/mol. The first-order valence-corrected chi connectivity index (χ1v) is 9.25. The fourth-order valence-electron chi connectivity index (χ4n) is 2.52. The number of rotatable bonds is 5. The summed E-state index contributed by atoms with van der Waals surface area (Å²) in [6.07, 6.45) is 0. The zero-order chi connectivity index (χ0) is 18.6. The minimum absolute atomic E-state index is 0.0261. The third kappa shape index (κ3) is 3.68. The van der Waals surface area contributed by atoms with E-state index in [1.165, 1.54) is 19.2 Å². The first kappa shape index (κ1) is 17.5. The highest BCUT2D eigenvalue weighted by Crippen LogP contribution is 2.32. The molecule has 0 aliphatic rings. The molecule has 0 aliphatic heterocycles. The van der Waals surface area contributed by atoms with E-state index in [1.807, 2.05) is 36.4 Å². The summed E-state index contributed by atoms with van der Waals surface area (Å²) >= 11 is 0. The molecule has 3 aromatic rings. The molecule has 0 radical (unpaired) electrons. The van der Waals surface area contributed by atoms with Crippen LogP contribution >= 0.6 is 0 Å². The van der Waals surface area contributed by atoms with E-state index in [0.29, 0.717) is 11.4 Å². The smallest absolute Gasteiger partial charge is 0.260 e. The van der Waals surface area contributed by atoms with E-state index in [2.05, 4.69) is 9.57 Å². The second kappa shape index (κ2) is 7.30. The van der Waals surface area contributed by atoms with Crippen LogP contribution in [0.3, 0.4) is 0 Å². The number of hydrogen-bond donors (Lipinski definition) is 1. The van der Waals surface area contributed by atoms with Crippen LogP contribution in [0.25, 0.3) is 16.0 Å². The molecule has 0 heterocycles. The van der Waals surface area contributed by atoms with Crippen molar-refractivity contribution in [3.8, 4) is 16.9 Å². The molecule has 1 N–H and O–H groups in total. The molecule has 0 bridgehead atoms. The highest BCUT2D eigenvalue weighted by molar-refractivity contribution is 7.92. The molecule has 0 aliphatic carbocycles. The van der Waals surface area contributed by atoms with Gasteiger partial charge in [0.2, 0.25) is 0 Å². The Labute approximate surface area is 152 Å². The first-order chi connectivity index (χ1) is 12.5. The molecule has 0 unspecified atom stereocenters. The van der Waals surface area contributed by atoms with E-state index in [9.17, 15) is 8.42 Å². The predicted octanol–water partition coefficient (Wildman–Crippen LogP) is 4.71. The van der Waals surface area contributed by atoms with Crippen molar-refractivity contribution in [1.29, 1.82) is 0 Å². The maximum atomic E-state index is 12.7. The summed E-state index contributed by atoms with van der Waals surface area (Å²) in [7, 11) is -2.37. The Morgan fingerprint density at radius 3 is 2.38 bits per heavy atom. The third-order valence-electron chi connectivity index (χ3n) is 3.81. The van der Waals surface area contributed by atoms with Crippen molar-refractivity contribution in [2.75, 3.05) is 11.8 Å². The highest BCUT2D eigenvalue weighted by Gasteiger charge is 2.17. The van der Waals surface area contributed by atoms with Crippen LogP contribution in [0, 0.1) is 6.57 Å². The Morgan fingerprint density at radius 2 is 1.69 bits per heavy atom. The van der Waals surface area contributed by atoms with E-state index >= 15 is 0 Å². The van der Waals surface area contributed by atoms with Crippen molar-refractivity contribution in [2.45, 2.75) is 4.90 Å². The molecule has 3 aromatic carbocycles. The SMILES string of the molecule is [C-]#[N+]c1cccc(S(=O)(=O)Nc2cc(-c3ccccc3)ccc2OC)c1. The van der Waals surface area contributed by atoms with Gasteiger partial charge in [0.25, 0.3) is 10.0 Å². The fourth-order valence-corrected chi connectivity index (χ4v) is 3.62. The maximum absolute atomic E-state index is 12.7. The Morgan fingerprint density at radius 1 is 0.923 bits per heavy atom. The standard InChI is InChI=1S/C20H16N2O3S/c1-21-17-9-6-10-18(14-17)26(23,24)22-19-13-16(11-12-20(19)25-2)15-7-4-3-5-8-15/h3-14,22H,2H3. The molecule has 26 heavy (non-hydrogen) atoms. The van der Waals surface area contributed by atoms with Gasteiger partial charge in [0.1, 0.15) is 5.75 Å². The van der Waals surface area contributed by atoms with Crippen LogP contribution in [-0.4, -0.2) is 15.5 Å². The number of sulfonamides is 1. The summed E-state index contributed by atoms with van der Waals surface area (Å²) in [6, 6.07) is 20.8. The molecule has 5 nitrogen and oxygen atoms in total. The van der Waals surface area contributed by atoms with E-state index in [1.54, 1.807) is 24.3 Å². The minimum atomic E-state index is -3.85. The Balaban J connectivity index is 2.01. The van der Waals surface area contributed by atoms with Gasteiger partial charge in [0.15, 0.2) is 5.69 Å². The van der Waals surface area contributed by atoms with E-state index in [4.69, 9.17) is 11.3 Å². The molecule has 0 amide bonds. The summed E-state index contributed by atoms with van der Waals surface area (Å²) in [5.74, 6) is 0.412. The molecule has 0 spiro atoms. The summed E-state index contributed by atoms with van der Waals surface area (Å²) in [5.41, 5.74) is 2.42. The van der Waals surface area contributed by atoms with Crippen LogP contribution in [0.4, 0.5) is 11.4 Å². The Kier molecular flexibility index (Phi) is 4.92. The van der Waals surface area contributed by atoms with Crippen LogP contribution in [-0.2, 0) is 10.0 Å². The topological polar surface area (TPSA) is 59.8 Å². The molecule has 130 valence electrons. The van der Waals surface area contributed by atoms with Crippen LogP contribution in [0.2, 0.25) is 0 Å². The van der Waals surface area contributed by atoms with Crippen molar-refractivity contribution in [2.24, 2.45) is 0 Å². The van der Waals surface area contributed by atoms with Crippen LogP contribution in [0.15, 0.2) is 77.7 Å². The molecule has 0 saturated carbocycles. The number of benzene rings is 3. The van der Waals surface area contributed by atoms with Gasteiger partial charge in [-0.15, -0.1) is 0 Å². The molecule has 0 fully saturated rings. The molecular weight excluding hydrogens is 348 g/mol. The van der Waals surface area contributed by atoms with Crippen molar-refractivity contribution < 1.29 is 13.2 Å². The highest BCUT2D eigenvalue weighted by atomic mass is 32.2. The number of anilines is 1. The van der Waals surface area contributed by atoms with Crippen molar-refractivity contribution in [3.05, 3.63) is 84.2 Å². The van der Waals surface area contributed by atoms with Gasteiger partial charge in [-0.25, -0.2) is 13.3 Å². The van der Waals surface area contributed by atoms with Gasteiger partial charge < -0.3 is 4.74 Å². The summed E-state index contributed by atoms with van der Waals surface area (Å²) in [6.45, 7) is 7.04. The first-order valence-electron chi connectivity index (χ1n) is 7.77. The number of nitrogens with zero attached hydrogens (tertiary/aromatic N) is 1.